The third kappa shape index (κ3) is 2.55. The Bertz CT molecular complexity index is 433. The van der Waals surface area contributed by atoms with Crippen LogP contribution >= 0.6 is 11.6 Å². The summed E-state index contributed by atoms with van der Waals surface area (Å²) in [5.41, 5.74) is 6.63. The first-order chi connectivity index (χ1) is 8.09. The van der Waals surface area contributed by atoms with Crippen LogP contribution in [0.4, 0.5) is 5.69 Å². The molecule has 1 fully saturated rings. The summed E-state index contributed by atoms with van der Waals surface area (Å²) in [6.07, 6.45) is 3.40. The summed E-state index contributed by atoms with van der Waals surface area (Å²) < 4.78 is 0. The second kappa shape index (κ2) is 4.96. The van der Waals surface area contributed by atoms with Crippen molar-refractivity contribution in [3.63, 3.8) is 0 Å². The molecule has 3 N–H and O–H groups in total. The Labute approximate surface area is 106 Å². The third-order valence-corrected chi connectivity index (χ3v) is 3.81. The zero-order valence-electron chi connectivity index (χ0n) is 9.87. The van der Waals surface area contributed by atoms with Gasteiger partial charge in [0.2, 0.25) is 0 Å². The van der Waals surface area contributed by atoms with Gasteiger partial charge in [-0.2, -0.15) is 0 Å². The lowest BCUT2D eigenvalue weighted by Gasteiger charge is -2.18. The summed E-state index contributed by atoms with van der Waals surface area (Å²) in [6, 6.07) is 5.40. The Morgan fingerprint density at radius 1 is 1.47 bits per heavy atom. The highest BCUT2D eigenvalue weighted by Gasteiger charge is 2.25. The van der Waals surface area contributed by atoms with E-state index in [0.29, 0.717) is 22.2 Å². The normalized spacial score (nSPS) is 23.6. The van der Waals surface area contributed by atoms with E-state index in [-0.39, 0.29) is 11.9 Å². The van der Waals surface area contributed by atoms with Gasteiger partial charge >= 0.3 is 0 Å². The summed E-state index contributed by atoms with van der Waals surface area (Å²) in [7, 11) is 0. The fraction of sp³-hybridized carbons (Fsp3) is 0.462. The predicted octanol–water partition coefficient (Wildman–Crippen LogP) is 2.84. The van der Waals surface area contributed by atoms with Crippen LogP contribution in [0.5, 0.6) is 0 Å². The highest BCUT2D eigenvalue weighted by molar-refractivity contribution is 6.33. The number of rotatable bonds is 2. The Morgan fingerprint density at radius 3 is 2.88 bits per heavy atom. The summed E-state index contributed by atoms with van der Waals surface area (Å²) >= 11 is 5.90. The van der Waals surface area contributed by atoms with Crippen LogP contribution in [0.25, 0.3) is 0 Å². The number of nitrogens with two attached hydrogens (primary N) is 1. The standard InChI is InChI=1S/C13H17ClN2O/c1-8-4-2-7-11(8)16-13(17)9-5-3-6-10(14)12(9)15/h3,5-6,8,11H,2,4,7,15H2,1H3,(H,16,17). The van der Waals surface area contributed by atoms with E-state index in [9.17, 15) is 4.79 Å². The Hall–Kier alpha value is -1.22. The minimum atomic E-state index is -0.122. The number of hydrogen-bond donors (Lipinski definition) is 2. The molecule has 17 heavy (non-hydrogen) atoms. The van der Waals surface area contributed by atoms with E-state index in [1.54, 1.807) is 18.2 Å². The van der Waals surface area contributed by atoms with Crippen molar-refractivity contribution in [2.24, 2.45) is 5.92 Å². The lowest BCUT2D eigenvalue weighted by molar-refractivity contribution is 0.0930. The van der Waals surface area contributed by atoms with Gasteiger partial charge in [-0.05, 0) is 30.9 Å². The molecule has 1 aliphatic rings. The molecule has 0 spiro atoms. The van der Waals surface area contributed by atoms with Crippen LogP contribution in [0.1, 0.15) is 36.5 Å². The maximum absolute atomic E-state index is 12.1. The zero-order chi connectivity index (χ0) is 12.4. The lowest BCUT2D eigenvalue weighted by Crippen LogP contribution is -2.36. The average molecular weight is 253 g/mol. The molecule has 4 heteroatoms. The molecule has 1 aromatic carbocycles. The average Bonchev–Trinajstić information content (AvgIpc) is 2.68. The molecule has 1 aliphatic carbocycles. The van der Waals surface area contributed by atoms with Gasteiger partial charge in [0.1, 0.15) is 0 Å². The summed E-state index contributed by atoms with van der Waals surface area (Å²) in [5.74, 6) is 0.420. The maximum atomic E-state index is 12.1. The van der Waals surface area contributed by atoms with Crippen LogP contribution in [0.2, 0.25) is 5.02 Å². The molecule has 2 unspecified atom stereocenters. The lowest BCUT2D eigenvalue weighted by atomic mass is 10.1. The Morgan fingerprint density at radius 2 is 2.24 bits per heavy atom. The quantitative estimate of drug-likeness (QED) is 0.796. The fourth-order valence-electron chi connectivity index (χ4n) is 2.34. The van der Waals surface area contributed by atoms with Crippen molar-refractivity contribution in [3.05, 3.63) is 28.8 Å². The molecule has 0 bridgehead atoms. The van der Waals surface area contributed by atoms with E-state index in [2.05, 4.69) is 12.2 Å². The van der Waals surface area contributed by atoms with E-state index >= 15 is 0 Å². The largest absolute Gasteiger partial charge is 0.397 e. The number of amides is 1. The fourth-order valence-corrected chi connectivity index (χ4v) is 2.52. The van der Waals surface area contributed by atoms with Crippen LogP contribution in [-0.4, -0.2) is 11.9 Å². The van der Waals surface area contributed by atoms with Gasteiger partial charge in [-0.25, -0.2) is 0 Å². The minimum Gasteiger partial charge on any atom is -0.397 e. The van der Waals surface area contributed by atoms with Crippen molar-refractivity contribution in [1.29, 1.82) is 0 Å². The monoisotopic (exact) mass is 252 g/mol. The first-order valence-corrected chi connectivity index (χ1v) is 6.32. The second-order valence-corrected chi connectivity index (χ2v) is 5.10. The molecular weight excluding hydrogens is 236 g/mol. The molecular formula is C13H17ClN2O. The van der Waals surface area contributed by atoms with Gasteiger partial charge in [0.05, 0.1) is 16.3 Å². The van der Waals surface area contributed by atoms with Crippen LogP contribution < -0.4 is 11.1 Å². The molecule has 0 aliphatic heterocycles. The van der Waals surface area contributed by atoms with Crippen molar-refractivity contribution in [2.75, 3.05) is 5.73 Å². The topological polar surface area (TPSA) is 55.1 Å². The number of carbonyl (C=O) groups excluding carboxylic acids is 1. The molecule has 0 radical (unpaired) electrons. The SMILES string of the molecule is CC1CCCC1NC(=O)c1cccc(Cl)c1N. The van der Waals surface area contributed by atoms with Crippen molar-refractivity contribution in [1.82, 2.24) is 5.32 Å². The van der Waals surface area contributed by atoms with Crippen LogP contribution in [-0.2, 0) is 0 Å². The van der Waals surface area contributed by atoms with Gasteiger partial charge in [0.25, 0.3) is 5.91 Å². The van der Waals surface area contributed by atoms with Gasteiger partial charge in [-0.1, -0.05) is 31.0 Å². The Kier molecular flexibility index (Phi) is 3.57. The molecule has 92 valence electrons. The van der Waals surface area contributed by atoms with E-state index in [1.165, 1.54) is 12.8 Å². The Balaban J connectivity index is 2.12. The molecule has 0 heterocycles. The van der Waals surface area contributed by atoms with E-state index in [4.69, 9.17) is 17.3 Å². The van der Waals surface area contributed by atoms with Gasteiger partial charge in [-0.15, -0.1) is 0 Å². The first kappa shape index (κ1) is 12.2. The maximum Gasteiger partial charge on any atom is 0.253 e. The first-order valence-electron chi connectivity index (χ1n) is 5.94. The van der Waals surface area contributed by atoms with Crippen molar-refractivity contribution in [2.45, 2.75) is 32.2 Å². The van der Waals surface area contributed by atoms with Gasteiger partial charge in [-0.3, -0.25) is 4.79 Å². The number of carbonyl (C=O) groups is 1. The number of nitrogens with one attached hydrogen (secondary N) is 1. The van der Waals surface area contributed by atoms with Crippen LogP contribution in [0, 0.1) is 5.92 Å². The summed E-state index contributed by atoms with van der Waals surface area (Å²) in [5, 5.41) is 3.46. The van der Waals surface area contributed by atoms with Crippen LogP contribution in [0.15, 0.2) is 18.2 Å². The molecule has 2 atom stereocenters. The molecule has 1 aromatic rings. The zero-order valence-corrected chi connectivity index (χ0v) is 10.6. The highest BCUT2D eigenvalue weighted by atomic mass is 35.5. The number of benzene rings is 1. The van der Waals surface area contributed by atoms with Crippen molar-refractivity contribution >= 4 is 23.2 Å². The molecule has 0 saturated heterocycles. The van der Waals surface area contributed by atoms with Gasteiger partial charge in [0.15, 0.2) is 0 Å². The number of halogens is 1. The third-order valence-electron chi connectivity index (χ3n) is 3.48. The molecule has 2 rings (SSSR count). The molecule has 3 nitrogen and oxygen atoms in total. The molecule has 1 saturated carbocycles. The second-order valence-electron chi connectivity index (χ2n) is 4.69. The number of nitrogen functional groups attached to an aromatic ring is 1. The molecule has 1 amide bonds. The van der Waals surface area contributed by atoms with Gasteiger partial charge in [0, 0.05) is 6.04 Å². The molecule has 0 aromatic heterocycles. The number of hydrogen-bond acceptors (Lipinski definition) is 2. The summed E-state index contributed by atoms with van der Waals surface area (Å²) in [4.78, 5) is 12.1. The van der Waals surface area contributed by atoms with Crippen molar-refractivity contribution < 1.29 is 4.79 Å². The number of anilines is 1. The van der Waals surface area contributed by atoms with Crippen molar-refractivity contribution in [3.8, 4) is 0 Å². The van der Waals surface area contributed by atoms with E-state index < -0.39 is 0 Å². The predicted molar refractivity (Wildman–Crippen MR) is 70.1 cm³/mol. The number of para-hydroxylation sites is 1. The summed E-state index contributed by atoms with van der Waals surface area (Å²) in [6.45, 7) is 2.17. The van der Waals surface area contributed by atoms with Crippen LogP contribution in [0.3, 0.4) is 0 Å². The van der Waals surface area contributed by atoms with E-state index in [1.807, 2.05) is 0 Å². The van der Waals surface area contributed by atoms with E-state index in [0.717, 1.165) is 6.42 Å². The highest BCUT2D eigenvalue weighted by Crippen LogP contribution is 2.26. The van der Waals surface area contributed by atoms with Gasteiger partial charge < -0.3 is 11.1 Å². The minimum absolute atomic E-state index is 0.122. The smallest absolute Gasteiger partial charge is 0.253 e.